The van der Waals surface area contributed by atoms with Gasteiger partial charge in [0.15, 0.2) is 0 Å². The van der Waals surface area contributed by atoms with Crippen molar-refractivity contribution in [2.24, 2.45) is 4.99 Å². The van der Waals surface area contributed by atoms with E-state index < -0.39 is 0 Å². The van der Waals surface area contributed by atoms with E-state index in [1.807, 2.05) is 25.2 Å². The van der Waals surface area contributed by atoms with Gasteiger partial charge >= 0.3 is 0 Å². The highest BCUT2D eigenvalue weighted by Gasteiger charge is 1.99. The lowest BCUT2D eigenvalue weighted by atomic mass is 10.1. The zero-order chi connectivity index (χ0) is 20.1. The smallest absolute Gasteiger partial charge is 0.0400 e. The number of allylic oxidation sites excluding steroid dienone is 8. The molecule has 0 amide bonds. The molecule has 0 aliphatic rings. The van der Waals surface area contributed by atoms with Crippen molar-refractivity contribution in [2.75, 3.05) is 11.9 Å². The zero-order valence-electron chi connectivity index (χ0n) is 17.4. The van der Waals surface area contributed by atoms with E-state index in [1.165, 1.54) is 11.3 Å². The van der Waals surface area contributed by atoms with Gasteiger partial charge in [0.25, 0.3) is 0 Å². The molecule has 0 saturated heterocycles. The average molecular weight is 363 g/mol. The van der Waals surface area contributed by atoms with Crippen LogP contribution in [0.15, 0.2) is 89.6 Å². The second kappa shape index (κ2) is 12.7. The highest BCUT2D eigenvalue weighted by Crippen LogP contribution is 2.15. The quantitative estimate of drug-likeness (QED) is 0.331. The summed E-state index contributed by atoms with van der Waals surface area (Å²) in [5, 5.41) is 3.32. The van der Waals surface area contributed by atoms with Crippen LogP contribution in [0.4, 0.5) is 5.69 Å². The number of hydrogen-bond acceptors (Lipinski definition) is 2. The maximum atomic E-state index is 4.82. The minimum absolute atomic E-state index is 0.898. The summed E-state index contributed by atoms with van der Waals surface area (Å²) in [5.41, 5.74) is 6.89. The van der Waals surface area contributed by atoms with Crippen LogP contribution in [-0.4, -0.2) is 12.3 Å². The van der Waals surface area contributed by atoms with Gasteiger partial charge in [-0.1, -0.05) is 56.5 Å². The van der Waals surface area contributed by atoms with Gasteiger partial charge < -0.3 is 5.32 Å². The number of nitrogens with zero attached hydrogens (tertiary/aromatic N) is 1. The van der Waals surface area contributed by atoms with E-state index in [0.29, 0.717) is 0 Å². The summed E-state index contributed by atoms with van der Waals surface area (Å²) in [6.45, 7) is 17.1. The average Bonchev–Trinajstić information content (AvgIpc) is 2.69. The highest BCUT2D eigenvalue weighted by molar-refractivity contribution is 5.83. The molecule has 2 nitrogen and oxygen atoms in total. The van der Waals surface area contributed by atoms with E-state index in [2.05, 4.69) is 75.7 Å². The number of aliphatic imine (C=N–C) groups is 1. The van der Waals surface area contributed by atoms with E-state index in [-0.39, 0.29) is 0 Å². The second-order valence-electron chi connectivity index (χ2n) is 6.36. The molecule has 1 aromatic carbocycles. The molecule has 0 saturated carbocycles. The predicted octanol–water partition coefficient (Wildman–Crippen LogP) is 7.05. The summed E-state index contributed by atoms with van der Waals surface area (Å²) in [6.07, 6.45) is 12.8. The molecule has 0 bridgehead atoms. The predicted molar refractivity (Wildman–Crippen MR) is 123 cm³/mol. The molecule has 0 heterocycles. The number of benzene rings is 1. The summed E-state index contributed by atoms with van der Waals surface area (Å²) >= 11 is 0. The lowest BCUT2D eigenvalue weighted by Crippen LogP contribution is -1.98. The molecule has 144 valence electrons. The summed E-state index contributed by atoms with van der Waals surface area (Å²) in [4.78, 5) is 4.82. The first-order valence-corrected chi connectivity index (χ1v) is 9.77. The van der Waals surface area contributed by atoms with Gasteiger partial charge in [0, 0.05) is 23.6 Å². The standard InChI is InChI=1S/C25H34N2/c1-7-22(8-2)23(9-3)16-19-24(10-4)27-20(6)12-13-21-14-17-25(18-15-21)26-11-5/h7-9,14-19,26H,1,3,10-13H2,2,4-6H3/b22-8+,23-16+,24-19+,27-20?. The fourth-order valence-corrected chi connectivity index (χ4v) is 2.72. The van der Waals surface area contributed by atoms with Crippen LogP contribution in [0, 0.1) is 0 Å². The lowest BCUT2D eigenvalue weighted by molar-refractivity contribution is 1.00. The van der Waals surface area contributed by atoms with Gasteiger partial charge in [0.05, 0.1) is 0 Å². The molecule has 1 rings (SSSR count). The van der Waals surface area contributed by atoms with Crippen molar-refractivity contribution in [3.05, 3.63) is 90.2 Å². The number of aryl methyl sites for hydroxylation is 1. The Morgan fingerprint density at radius 3 is 2.22 bits per heavy atom. The zero-order valence-corrected chi connectivity index (χ0v) is 17.4. The van der Waals surface area contributed by atoms with E-state index in [4.69, 9.17) is 4.99 Å². The molecule has 2 heteroatoms. The Hall–Kier alpha value is -2.61. The normalized spacial score (nSPS) is 13.5. The van der Waals surface area contributed by atoms with Crippen molar-refractivity contribution in [1.82, 2.24) is 0 Å². The van der Waals surface area contributed by atoms with E-state index in [0.717, 1.165) is 48.4 Å². The van der Waals surface area contributed by atoms with Crippen LogP contribution in [0.25, 0.3) is 0 Å². The molecular weight excluding hydrogens is 328 g/mol. The fourth-order valence-electron chi connectivity index (χ4n) is 2.72. The van der Waals surface area contributed by atoms with Crippen molar-refractivity contribution in [3.63, 3.8) is 0 Å². The highest BCUT2D eigenvalue weighted by atomic mass is 14.8. The third-order valence-corrected chi connectivity index (χ3v) is 4.35. The number of hydrogen-bond donors (Lipinski definition) is 1. The van der Waals surface area contributed by atoms with Crippen LogP contribution in [0.5, 0.6) is 0 Å². The van der Waals surface area contributed by atoms with Gasteiger partial charge in [-0.05, 0) is 75.0 Å². The Kier molecular flexibility index (Phi) is 10.5. The first kappa shape index (κ1) is 22.4. The Labute approximate surface area is 165 Å². The molecule has 27 heavy (non-hydrogen) atoms. The molecule has 0 aliphatic carbocycles. The molecule has 0 aliphatic heterocycles. The molecule has 0 unspecified atom stereocenters. The van der Waals surface area contributed by atoms with Crippen LogP contribution in [0.1, 0.15) is 46.1 Å². The van der Waals surface area contributed by atoms with Crippen molar-refractivity contribution in [1.29, 1.82) is 0 Å². The summed E-state index contributed by atoms with van der Waals surface area (Å²) in [7, 11) is 0. The summed E-state index contributed by atoms with van der Waals surface area (Å²) in [6, 6.07) is 8.66. The van der Waals surface area contributed by atoms with Crippen molar-refractivity contribution >= 4 is 11.4 Å². The van der Waals surface area contributed by atoms with Gasteiger partial charge in [0.2, 0.25) is 0 Å². The Balaban J connectivity index is 2.79. The van der Waals surface area contributed by atoms with Crippen molar-refractivity contribution in [2.45, 2.75) is 47.0 Å². The monoisotopic (exact) mass is 362 g/mol. The minimum atomic E-state index is 0.898. The first-order valence-electron chi connectivity index (χ1n) is 9.77. The molecular formula is C25H34N2. The third kappa shape index (κ3) is 8.08. The van der Waals surface area contributed by atoms with Crippen LogP contribution in [-0.2, 0) is 6.42 Å². The van der Waals surface area contributed by atoms with E-state index in [9.17, 15) is 0 Å². The van der Waals surface area contributed by atoms with Gasteiger partial charge in [-0.2, -0.15) is 0 Å². The van der Waals surface area contributed by atoms with Crippen LogP contribution in [0.2, 0.25) is 0 Å². The minimum Gasteiger partial charge on any atom is -0.385 e. The van der Waals surface area contributed by atoms with Crippen molar-refractivity contribution in [3.8, 4) is 0 Å². The van der Waals surface area contributed by atoms with Crippen LogP contribution < -0.4 is 5.32 Å². The number of nitrogens with one attached hydrogen (secondary N) is 1. The topological polar surface area (TPSA) is 24.4 Å². The number of anilines is 1. The summed E-state index contributed by atoms with van der Waals surface area (Å²) in [5.74, 6) is 0. The Morgan fingerprint density at radius 2 is 1.70 bits per heavy atom. The largest absolute Gasteiger partial charge is 0.385 e. The molecule has 0 atom stereocenters. The molecule has 1 aromatic rings. The second-order valence-corrected chi connectivity index (χ2v) is 6.36. The number of rotatable bonds is 11. The van der Waals surface area contributed by atoms with E-state index in [1.54, 1.807) is 0 Å². The maximum absolute atomic E-state index is 4.82. The maximum Gasteiger partial charge on any atom is 0.0400 e. The molecule has 0 fully saturated rings. The molecule has 1 N–H and O–H groups in total. The Morgan fingerprint density at radius 1 is 1.04 bits per heavy atom. The van der Waals surface area contributed by atoms with Gasteiger partial charge in [-0.25, -0.2) is 0 Å². The van der Waals surface area contributed by atoms with E-state index >= 15 is 0 Å². The molecule has 0 spiro atoms. The third-order valence-electron chi connectivity index (χ3n) is 4.35. The Bertz CT molecular complexity index is 728. The van der Waals surface area contributed by atoms with Gasteiger partial charge in [0.1, 0.15) is 0 Å². The summed E-state index contributed by atoms with van der Waals surface area (Å²) < 4.78 is 0. The molecule has 0 aromatic heterocycles. The van der Waals surface area contributed by atoms with Crippen LogP contribution >= 0.6 is 0 Å². The van der Waals surface area contributed by atoms with Crippen molar-refractivity contribution < 1.29 is 0 Å². The molecule has 0 radical (unpaired) electrons. The lowest BCUT2D eigenvalue weighted by Gasteiger charge is -2.06. The van der Waals surface area contributed by atoms with Gasteiger partial charge in [-0.3, -0.25) is 4.99 Å². The van der Waals surface area contributed by atoms with Crippen LogP contribution in [0.3, 0.4) is 0 Å². The first-order chi connectivity index (χ1) is 13.1. The SMILES string of the molecule is C=CC(=C\C)/C(C=C)=C/C=C(\CC)N=C(C)CCc1ccc(NCC)cc1. The fraction of sp³-hybridized carbons (Fsp3) is 0.320. The van der Waals surface area contributed by atoms with Gasteiger partial charge in [-0.15, -0.1) is 0 Å².